The highest BCUT2D eigenvalue weighted by Crippen LogP contribution is 2.43. The third kappa shape index (κ3) is 3.43. The van der Waals surface area contributed by atoms with Gasteiger partial charge in [-0.15, -0.1) is 0 Å². The number of rotatable bonds is 5. The molecule has 1 unspecified atom stereocenters. The molecule has 28 heavy (non-hydrogen) atoms. The normalized spacial score (nSPS) is 24.9. The van der Waals surface area contributed by atoms with Crippen LogP contribution in [0, 0.1) is 18.7 Å². The van der Waals surface area contributed by atoms with Crippen molar-refractivity contribution in [3.8, 4) is 0 Å². The second kappa shape index (κ2) is 7.07. The Bertz CT molecular complexity index is 818. The van der Waals surface area contributed by atoms with Gasteiger partial charge in [-0.05, 0) is 55.9 Å². The van der Waals surface area contributed by atoms with Crippen LogP contribution in [-0.4, -0.2) is 54.5 Å². The molecule has 1 atom stereocenters. The van der Waals surface area contributed by atoms with Crippen LogP contribution in [0.1, 0.15) is 31.2 Å². The number of amides is 4. The van der Waals surface area contributed by atoms with Crippen molar-refractivity contribution in [3.63, 3.8) is 0 Å². The Balaban J connectivity index is 1.32. The summed E-state index contributed by atoms with van der Waals surface area (Å²) in [5.74, 6) is -0.385. The molecular weight excluding hydrogens is 363 g/mol. The van der Waals surface area contributed by atoms with Crippen LogP contribution in [0.15, 0.2) is 18.2 Å². The number of hydrogen-bond donors (Lipinski definition) is 2. The van der Waals surface area contributed by atoms with E-state index in [1.54, 1.807) is 13.0 Å². The van der Waals surface area contributed by atoms with Crippen LogP contribution in [0.5, 0.6) is 0 Å². The van der Waals surface area contributed by atoms with E-state index in [2.05, 4.69) is 15.5 Å². The number of imide groups is 1. The van der Waals surface area contributed by atoms with E-state index < -0.39 is 11.6 Å². The number of anilines is 1. The van der Waals surface area contributed by atoms with Crippen LogP contribution in [0.2, 0.25) is 0 Å². The summed E-state index contributed by atoms with van der Waals surface area (Å²) in [6, 6.07) is 4.60. The molecular formula is C20H25FN4O3. The summed E-state index contributed by atoms with van der Waals surface area (Å²) in [4.78, 5) is 40.5. The van der Waals surface area contributed by atoms with E-state index in [1.165, 1.54) is 6.07 Å². The molecule has 3 aliphatic rings. The first-order valence-corrected chi connectivity index (χ1v) is 9.81. The van der Waals surface area contributed by atoms with Gasteiger partial charge in [0.25, 0.3) is 5.91 Å². The number of piperazine rings is 1. The Morgan fingerprint density at radius 2 is 1.93 bits per heavy atom. The maximum atomic E-state index is 13.5. The van der Waals surface area contributed by atoms with E-state index in [1.807, 2.05) is 11.0 Å². The number of carbonyl (C=O) groups is 3. The highest BCUT2D eigenvalue weighted by Gasteiger charge is 2.55. The zero-order valence-electron chi connectivity index (χ0n) is 16.0. The third-order valence-corrected chi connectivity index (χ3v) is 6.12. The molecule has 2 saturated heterocycles. The molecule has 2 heterocycles. The van der Waals surface area contributed by atoms with Crippen molar-refractivity contribution in [2.45, 2.75) is 38.1 Å². The van der Waals surface area contributed by atoms with Crippen molar-refractivity contribution < 1.29 is 18.8 Å². The molecule has 3 fully saturated rings. The minimum Gasteiger partial charge on any atom is -0.368 e. The smallest absolute Gasteiger partial charge is 0.322 e. The number of hydrogen-bond acceptors (Lipinski definition) is 4. The zero-order chi connectivity index (χ0) is 19.9. The van der Waals surface area contributed by atoms with E-state index in [4.69, 9.17) is 0 Å². The van der Waals surface area contributed by atoms with Crippen molar-refractivity contribution in [1.82, 2.24) is 15.5 Å². The molecule has 0 bridgehead atoms. The minimum absolute atomic E-state index is 0.00362. The summed E-state index contributed by atoms with van der Waals surface area (Å²) in [5, 5.41) is 5.08. The molecule has 1 saturated carbocycles. The maximum absolute atomic E-state index is 13.5. The predicted molar refractivity (Wildman–Crippen MR) is 101 cm³/mol. The highest BCUT2D eigenvalue weighted by atomic mass is 19.1. The van der Waals surface area contributed by atoms with Crippen LogP contribution < -0.4 is 15.5 Å². The molecule has 1 aromatic rings. The SMILES string of the molecule is Cc1cc(N2CCN(C(=O)CCC3(C4CC4)NC(=O)NC3=O)CC2)ccc1F. The fourth-order valence-corrected chi connectivity index (χ4v) is 4.25. The molecule has 150 valence electrons. The van der Waals surface area contributed by atoms with Crippen LogP contribution in [0.3, 0.4) is 0 Å². The van der Waals surface area contributed by atoms with Gasteiger partial charge in [0, 0.05) is 38.3 Å². The largest absolute Gasteiger partial charge is 0.368 e. The molecule has 0 aromatic heterocycles. The number of nitrogens with zero attached hydrogens (tertiary/aromatic N) is 2. The Kier molecular flexibility index (Phi) is 4.72. The number of halogens is 1. The molecule has 1 aromatic carbocycles. The lowest BCUT2D eigenvalue weighted by Crippen LogP contribution is -2.51. The molecule has 1 aliphatic carbocycles. The monoisotopic (exact) mass is 388 g/mol. The van der Waals surface area contributed by atoms with Gasteiger partial charge in [0.2, 0.25) is 5.91 Å². The van der Waals surface area contributed by atoms with Gasteiger partial charge in [-0.25, -0.2) is 9.18 Å². The average molecular weight is 388 g/mol. The van der Waals surface area contributed by atoms with Gasteiger partial charge in [0.15, 0.2) is 0 Å². The van der Waals surface area contributed by atoms with Crippen molar-refractivity contribution >= 4 is 23.5 Å². The zero-order valence-corrected chi connectivity index (χ0v) is 16.0. The van der Waals surface area contributed by atoms with Crippen molar-refractivity contribution in [2.24, 2.45) is 5.92 Å². The number of nitrogens with one attached hydrogen (secondary N) is 2. The Morgan fingerprint density at radius 1 is 1.21 bits per heavy atom. The van der Waals surface area contributed by atoms with E-state index in [-0.39, 0.29) is 30.0 Å². The molecule has 2 N–H and O–H groups in total. The first-order valence-electron chi connectivity index (χ1n) is 9.81. The van der Waals surface area contributed by atoms with Gasteiger partial charge in [0.05, 0.1) is 0 Å². The number of carbonyl (C=O) groups excluding carboxylic acids is 3. The molecule has 7 nitrogen and oxygen atoms in total. The van der Waals surface area contributed by atoms with E-state index in [0.29, 0.717) is 38.2 Å². The molecule has 2 aliphatic heterocycles. The van der Waals surface area contributed by atoms with Gasteiger partial charge in [-0.2, -0.15) is 0 Å². The Morgan fingerprint density at radius 3 is 2.50 bits per heavy atom. The Labute approximate surface area is 163 Å². The lowest BCUT2D eigenvalue weighted by atomic mass is 9.87. The third-order valence-electron chi connectivity index (χ3n) is 6.12. The van der Waals surface area contributed by atoms with Crippen molar-refractivity contribution in [2.75, 3.05) is 31.1 Å². The van der Waals surface area contributed by atoms with Crippen LogP contribution in [0.4, 0.5) is 14.9 Å². The fourth-order valence-electron chi connectivity index (χ4n) is 4.25. The molecule has 4 amide bonds. The lowest BCUT2D eigenvalue weighted by Gasteiger charge is -2.37. The second-order valence-corrected chi connectivity index (χ2v) is 7.96. The summed E-state index contributed by atoms with van der Waals surface area (Å²) in [7, 11) is 0. The average Bonchev–Trinajstić information content (AvgIpc) is 3.48. The standard InChI is InChI=1S/C20H25FN4O3/c1-13-12-15(4-5-16(13)21)24-8-10-25(11-9-24)17(26)6-7-20(14-2-3-14)18(27)22-19(28)23-20/h4-5,12,14H,2-3,6-11H2,1H3,(H2,22,23,27,28). The lowest BCUT2D eigenvalue weighted by molar-refractivity contribution is -0.132. The molecule has 0 spiro atoms. The molecule has 4 rings (SSSR count). The van der Waals surface area contributed by atoms with Crippen LogP contribution in [0.25, 0.3) is 0 Å². The summed E-state index contributed by atoms with van der Waals surface area (Å²) in [6.45, 7) is 4.28. The Hall–Kier alpha value is -2.64. The minimum atomic E-state index is -0.916. The maximum Gasteiger partial charge on any atom is 0.322 e. The fraction of sp³-hybridized carbons (Fsp3) is 0.550. The first-order chi connectivity index (χ1) is 13.4. The van der Waals surface area contributed by atoms with Gasteiger partial charge >= 0.3 is 6.03 Å². The van der Waals surface area contributed by atoms with Crippen molar-refractivity contribution in [1.29, 1.82) is 0 Å². The second-order valence-electron chi connectivity index (χ2n) is 7.96. The van der Waals surface area contributed by atoms with E-state index >= 15 is 0 Å². The van der Waals surface area contributed by atoms with Gasteiger partial charge in [-0.3, -0.25) is 14.9 Å². The summed E-state index contributed by atoms with van der Waals surface area (Å²) < 4.78 is 13.5. The van der Waals surface area contributed by atoms with E-state index in [0.717, 1.165) is 18.5 Å². The topological polar surface area (TPSA) is 81.8 Å². The van der Waals surface area contributed by atoms with Gasteiger partial charge in [0.1, 0.15) is 11.4 Å². The first kappa shape index (κ1) is 18.7. The van der Waals surface area contributed by atoms with Crippen LogP contribution >= 0.6 is 0 Å². The molecule has 8 heteroatoms. The number of benzene rings is 1. The van der Waals surface area contributed by atoms with Gasteiger partial charge < -0.3 is 15.1 Å². The van der Waals surface area contributed by atoms with Gasteiger partial charge in [-0.1, -0.05) is 0 Å². The summed E-state index contributed by atoms with van der Waals surface area (Å²) in [5.41, 5.74) is 0.655. The highest BCUT2D eigenvalue weighted by molar-refractivity contribution is 6.07. The molecule has 0 radical (unpaired) electrons. The van der Waals surface area contributed by atoms with Crippen molar-refractivity contribution in [3.05, 3.63) is 29.6 Å². The van der Waals surface area contributed by atoms with E-state index in [9.17, 15) is 18.8 Å². The summed E-state index contributed by atoms with van der Waals surface area (Å²) in [6.07, 6.45) is 2.38. The van der Waals surface area contributed by atoms with Crippen LogP contribution in [-0.2, 0) is 9.59 Å². The number of aryl methyl sites for hydroxylation is 1. The predicted octanol–water partition coefficient (Wildman–Crippen LogP) is 1.55. The number of urea groups is 1. The summed E-state index contributed by atoms with van der Waals surface area (Å²) >= 11 is 0. The quantitative estimate of drug-likeness (QED) is 0.750.